The van der Waals surface area contributed by atoms with Crippen molar-refractivity contribution in [2.24, 2.45) is 0 Å². The van der Waals surface area contributed by atoms with Gasteiger partial charge in [-0.2, -0.15) is 0 Å². The van der Waals surface area contributed by atoms with Crippen molar-refractivity contribution in [3.05, 3.63) is 53.4 Å². The minimum absolute atomic E-state index is 0.225. The lowest BCUT2D eigenvalue weighted by Gasteiger charge is -2.15. The zero-order chi connectivity index (χ0) is 13.8. The van der Waals surface area contributed by atoms with Gasteiger partial charge in [-0.25, -0.2) is 8.78 Å². The molecule has 0 saturated carbocycles. The fourth-order valence-electron chi connectivity index (χ4n) is 1.97. The van der Waals surface area contributed by atoms with E-state index in [1.54, 1.807) is 18.2 Å². The molecule has 1 aliphatic rings. The third-order valence-corrected chi connectivity index (χ3v) is 3.14. The van der Waals surface area contributed by atoms with Gasteiger partial charge in [-0.3, -0.25) is 0 Å². The molecule has 3 heteroatoms. The summed E-state index contributed by atoms with van der Waals surface area (Å²) < 4.78 is 32.3. The van der Waals surface area contributed by atoms with Gasteiger partial charge in [0, 0.05) is 6.42 Å². The van der Waals surface area contributed by atoms with Gasteiger partial charge < -0.3 is 4.74 Å². The molecule has 2 rings (SSSR count). The lowest BCUT2D eigenvalue weighted by atomic mass is 10.0. The van der Waals surface area contributed by atoms with E-state index in [2.05, 4.69) is 0 Å². The highest BCUT2D eigenvalue weighted by molar-refractivity contribution is 5.32. The highest BCUT2D eigenvalue weighted by atomic mass is 19.1. The monoisotopic (exact) mass is 264 g/mol. The fourth-order valence-corrected chi connectivity index (χ4v) is 1.97. The summed E-state index contributed by atoms with van der Waals surface area (Å²) in [6.45, 7) is 4.31. The lowest BCUT2D eigenvalue weighted by Crippen LogP contribution is -2.09. The number of rotatable bonds is 4. The molecule has 0 bridgehead atoms. The maximum Gasteiger partial charge on any atom is 0.165 e. The van der Waals surface area contributed by atoms with Gasteiger partial charge in [-0.1, -0.05) is 38.1 Å². The van der Waals surface area contributed by atoms with E-state index >= 15 is 0 Å². The van der Waals surface area contributed by atoms with Crippen LogP contribution in [0.3, 0.4) is 0 Å². The second-order valence-corrected chi connectivity index (χ2v) is 5.06. The maximum atomic E-state index is 13.6. The molecule has 0 radical (unpaired) electrons. The average molecular weight is 264 g/mol. The Kier molecular flexibility index (Phi) is 4.35. The number of halogens is 2. The van der Waals surface area contributed by atoms with E-state index in [9.17, 15) is 8.78 Å². The molecule has 1 aromatic carbocycles. The Morgan fingerprint density at radius 3 is 2.84 bits per heavy atom. The first-order chi connectivity index (χ1) is 9.06. The first-order valence-electron chi connectivity index (χ1n) is 6.49. The minimum atomic E-state index is -0.963. The number of alkyl halides is 1. The van der Waals surface area contributed by atoms with Crippen LogP contribution >= 0.6 is 0 Å². The zero-order valence-electron chi connectivity index (χ0n) is 11.2. The molecule has 0 fully saturated rings. The fraction of sp³-hybridized carbons (Fsp3) is 0.375. The van der Waals surface area contributed by atoms with Crippen molar-refractivity contribution in [3.8, 4) is 5.75 Å². The van der Waals surface area contributed by atoms with Gasteiger partial charge >= 0.3 is 0 Å². The quantitative estimate of drug-likeness (QED) is 0.775. The topological polar surface area (TPSA) is 9.23 Å². The van der Waals surface area contributed by atoms with Crippen LogP contribution in [-0.2, 0) is 0 Å². The van der Waals surface area contributed by atoms with Crippen LogP contribution < -0.4 is 4.74 Å². The summed E-state index contributed by atoms with van der Waals surface area (Å²) in [6, 6.07) is 4.89. The molecule has 1 aliphatic carbocycles. The number of hydrogen-bond acceptors (Lipinski definition) is 1. The van der Waals surface area contributed by atoms with Crippen molar-refractivity contribution in [1.82, 2.24) is 0 Å². The predicted molar refractivity (Wildman–Crippen MR) is 72.7 cm³/mol. The molecule has 19 heavy (non-hydrogen) atoms. The highest BCUT2D eigenvalue weighted by Gasteiger charge is 2.12. The Balaban J connectivity index is 2.05. The van der Waals surface area contributed by atoms with Crippen molar-refractivity contribution < 1.29 is 13.5 Å². The molecule has 1 unspecified atom stereocenters. The van der Waals surface area contributed by atoms with Crippen molar-refractivity contribution in [1.29, 1.82) is 0 Å². The number of benzene rings is 1. The molecule has 1 atom stereocenters. The molecule has 1 aromatic rings. The van der Waals surface area contributed by atoms with Crippen LogP contribution in [0.2, 0.25) is 0 Å². The first-order valence-corrected chi connectivity index (χ1v) is 6.49. The van der Waals surface area contributed by atoms with Crippen LogP contribution in [-0.4, -0.2) is 12.8 Å². The second-order valence-electron chi connectivity index (χ2n) is 5.06. The van der Waals surface area contributed by atoms with Crippen molar-refractivity contribution in [2.45, 2.75) is 32.4 Å². The van der Waals surface area contributed by atoms with Crippen molar-refractivity contribution in [2.75, 3.05) is 6.61 Å². The van der Waals surface area contributed by atoms with Gasteiger partial charge in [0.15, 0.2) is 11.6 Å². The van der Waals surface area contributed by atoms with Crippen molar-refractivity contribution >= 4 is 0 Å². The summed E-state index contributed by atoms with van der Waals surface area (Å²) in [5.74, 6) is 0.167. The van der Waals surface area contributed by atoms with E-state index in [0.29, 0.717) is 12.3 Å². The molecule has 0 spiro atoms. The maximum absolute atomic E-state index is 13.6. The van der Waals surface area contributed by atoms with E-state index in [-0.39, 0.29) is 18.2 Å². The zero-order valence-corrected chi connectivity index (χ0v) is 11.2. The van der Waals surface area contributed by atoms with Crippen LogP contribution in [0, 0.1) is 5.82 Å². The lowest BCUT2D eigenvalue weighted by molar-refractivity contribution is 0.312. The Morgan fingerprint density at radius 2 is 2.16 bits per heavy atom. The van der Waals surface area contributed by atoms with E-state index < -0.39 is 6.17 Å². The van der Waals surface area contributed by atoms with Gasteiger partial charge in [0.25, 0.3) is 0 Å². The Morgan fingerprint density at radius 1 is 1.37 bits per heavy atom. The third kappa shape index (κ3) is 3.66. The molecule has 102 valence electrons. The predicted octanol–water partition coefficient (Wildman–Crippen LogP) is 4.55. The Labute approximate surface area is 112 Å². The molecule has 0 aromatic heterocycles. The van der Waals surface area contributed by atoms with Gasteiger partial charge in [0.2, 0.25) is 0 Å². The third-order valence-electron chi connectivity index (χ3n) is 3.14. The smallest absolute Gasteiger partial charge is 0.165 e. The van der Waals surface area contributed by atoms with Crippen LogP contribution in [0.1, 0.15) is 31.7 Å². The summed E-state index contributed by atoms with van der Waals surface area (Å²) in [5.41, 5.74) is 1.86. The summed E-state index contributed by atoms with van der Waals surface area (Å²) in [6.07, 6.45) is 4.36. The Bertz CT molecular complexity index is 503. The largest absolute Gasteiger partial charge is 0.486 e. The molecule has 1 nitrogen and oxygen atoms in total. The van der Waals surface area contributed by atoms with Crippen LogP contribution in [0.25, 0.3) is 0 Å². The van der Waals surface area contributed by atoms with E-state index in [1.165, 1.54) is 12.1 Å². The molecule has 0 N–H and O–H groups in total. The van der Waals surface area contributed by atoms with Gasteiger partial charge in [0.1, 0.15) is 12.8 Å². The molecule has 0 saturated heterocycles. The molecule has 0 aliphatic heterocycles. The summed E-state index contributed by atoms with van der Waals surface area (Å²) in [7, 11) is 0. The van der Waals surface area contributed by atoms with Gasteiger partial charge in [-0.05, 0) is 29.2 Å². The minimum Gasteiger partial charge on any atom is -0.486 e. The highest BCUT2D eigenvalue weighted by Crippen LogP contribution is 2.25. The van der Waals surface area contributed by atoms with Crippen molar-refractivity contribution in [3.63, 3.8) is 0 Å². The van der Waals surface area contributed by atoms with E-state index in [4.69, 9.17) is 4.74 Å². The second kappa shape index (κ2) is 6.00. The standard InChI is InChI=1S/C16H18F2O/c1-11(2)13-6-7-15(18)16(9-13)19-10-12-4-3-5-14(17)8-12/h3-7,9,11,14H,8,10H2,1-2H3. The number of allylic oxidation sites excluding steroid dienone is 3. The van der Waals surface area contributed by atoms with Crippen LogP contribution in [0.4, 0.5) is 8.78 Å². The summed E-state index contributed by atoms with van der Waals surface area (Å²) in [4.78, 5) is 0. The molecule has 0 heterocycles. The van der Waals surface area contributed by atoms with Crippen LogP contribution in [0.5, 0.6) is 5.75 Å². The van der Waals surface area contributed by atoms with E-state index in [0.717, 1.165) is 11.1 Å². The van der Waals surface area contributed by atoms with Gasteiger partial charge in [0.05, 0.1) is 0 Å². The first kappa shape index (κ1) is 13.8. The van der Waals surface area contributed by atoms with E-state index in [1.807, 2.05) is 19.9 Å². The van der Waals surface area contributed by atoms with Gasteiger partial charge in [-0.15, -0.1) is 0 Å². The summed E-state index contributed by atoms with van der Waals surface area (Å²) in [5, 5.41) is 0. The molecular weight excluding hydrogens is 246 g/mol. The molecule has 0 amide bonds. The van der Waals surface area contributed by atoms with Crippen LogP contribution in [0.15, 0.2) is 42.0 Å². The Hall–Kier alpha value is -1.64. The normalized spacial score (nSPS) is 18.6. The SMILES string of the molecule is CC(C)c1ccc(F)c(OCC2=CC=CC(F)C2)c1. The number of hydrogen-bond donors (Lipinski definition) is 0. The number of ether oxygens (including phenoxy) is 1. The average Bonchev–Trinajstić information content (AvgIpc) is 2.37. The molecular formula is C16H18F2O. The summed E-state index contributed by atoms with van der Waals surface area (Å²) >= 11 is 0.